The van der Waals surface area contributed by atoms with Crippen LogP contribution in [0.25, 0.3) is 11.6 Å². The van der Waals surface area contributed by atoms with Gasteiger partial charge in [-0.1, -0.05) is 71.0 Å². The van der Waals surface area contributed by atoms with E-state index in [1.165, 1.54) is 0 Å². The molecule has 0 fully saturated rings. The van der Waals surface area contributed by atoms with Crippen molar-refractivity contribution < 1.29 is 9.13 Å². The molecule has 0 radical (unpaired) electrons. The fourth-order valence-electron chi connectivity index (χ4n) is 3.27. The van der Waals surface area contributed by atoms with Gasteiger partial charge >= 0.3 is 0 Å². The normalized spacial score (nSPS) is 12.5. The maximum absolute atomic E-state index is 14.5. The number of halogens is 2. The fraction of sp³-hybridized carbons (Fsp3) is 0.517. The molecule has 1 unspecified atom stereocenters. The van der Waals surface area contributed by atoms with Gasteiger partial charge in [-0.25, -0.2) is 14.4 Å². The van der Waals surface area contributed by atoms with Gasteiger partial charge in [0.15, 0.2) is 0 Å². The summed E-state index contributed by atoms with van der Waals surface area (Å²) in [6, 6.07) is 5.77. The minimum Gasteiger partial charge on any atom is -0.493 e. The standard InChI is InChI=1S/C15H23FO.C12H15ClN2.C2H6/c1-5-11-17-14-12(6-2)9-8-10-13(14)15(4,16)7-3;1-7(2)12-11(6-8(3)13)9(4)14-10(5)15-12;1-2/h8-10H,5-7,11H2,1-4H3;6H,3H2,1-2,4-5H3;1-2H3/b;11-6-;. The SMILES string of the molecule is C=C(Cl)/C=c1/c(C)nc(C)nc1=C(C)C.CC.CCCOc1c(CC)cccc1C(C)(F)CC. The maximum atomic E-state index is 14.5. The first kappa shape index (κ1) is 31.8. The molecule has 34 heavy (non-hydrogen) atoms. The Morgan fingerprint density at radius 1 is 1.15 bits per heavy atom. The lowest BCUT2D eigenvalue weighted by molar-refractivity contribution is 0.175. The summed E-state index contributed by atoms with van der Waals surface area (Å²) in [4.78, 5) is 8.72. The number of aryl methyl sites for hydroxylation is 3. The Morgan fingerprint density at radius 2 is 1.76 bits per heavy atom. The van der Waals surface area contributed by atoms with E-state index in [9.17, 15) is 4.39 Å². The number of hydrogen-bond donors (Lipinski definition) is 0. The molecule has 0 bridgehead atoms. The van der Waals surface area contributed by atoms with E-state index in [0.717, 1.165) is 51.8 Å². The van der Waals surface area contributed by atoms with Gasteiger partial charge in [-0.05, 0) is 71.1 Å². The molecular weight excluding hydrogens is 447 g/mol. The van der Waals surface area contributed by atoms with Crippen molar-refractivity contribution in [2.75, 3.05) is 6.61 Å². The van der Waals surface area contributed by atoms with Gasteiger partial charge in [0.05, 0.1) is 12.0 Å². The number of aromatic nitrogens is 2. The molecule has 0 saturated heterocycles. The largest absolute Gasteiger partial charge is 0.493 e. The average molecular weight is 491 g/mol. The van der Waals surface area contributed by atoms with E-state index in [4.69, 9.17) is 16.3 Å². The second-order valence-electron chi connectivity index (χ2n) is 8.26. The first-order valence-electron chi connectivity index (χ1n) is 12.3. The van der Waals surface area contributed by atoms with Crippen LogP contribution in [-0.4, -0.2) is 16.6 Å². The molecule has 0 saturated carbocycles. The Morgan fingerprint density at radius 3 is 2.24 bits per heavy atom. The molecule has 0 spiro atoms. The molecule has 1 atom stereocenters. The lowest BCUT2D eigenvalue weighted by Crippen LogP contribution is -2.34. The van der Waals surface area contributed by atoms with Crippen LogP contribution in [0.5, 0.6) is 5.75 Å². The Bertz CT molecular complexity index is 1040. The van der Waals surface area contributed by atoms with Gasteiger partial charge in [0.25, 0.3) is 0 Å². The Hall–Kier alpha value is -2.20. The Labute approximate surface area is 211 Å². The van der Waals surface area contributed by atoms with E-state index >= 15 is 0 Å². The van der Waals surface area contributed by atoms with Gasteiger partial charge < -0.3 is 4.74 Å². The lowest BCUT2D eigenvalue weighted by atomic mass is 9.92. The van der Waals surface area contributed by atoms with Crippen LogP contribution in [0.1, 0.15) is 90.9 Å². The molecule has 1 heterocycles. The molecule has 0 aliphatic heterocycles. The number of alkyl halides is 1. The van der Waals surface area contributed by atoms with Crippen LogP contribution in [0.2, 0.25) is 0 Å². The summed E-state index contributed by atoms with van der Waals surface area (Å²) in [5, 5.41) is 2.40. The molecule has 190 valence electrons. The third-order valence-electron chi connectivity index (χ3n) is 5.18. The van der Waals surface area contributed by atoms with Crippen molar-refractivity contribution in [1.82, 2.24) is 9.97 Å². The number of ether oxygens (including phenoxy) is 1. The molecule has 0 amide bonds. The predicted molar refractivity (Wildman–Crippen MR) is 147 cm³/mol. The number of nitrogens with zero attached hydrogens (tertiary/aromatic N) is 2. The summed E-state index contributed by atoms with van der Waals surface area (Å²) in [5.74, 6) is 1.53. The summed E-state index contributed by atoms with van der Waals surface area (Å²) in [6.07, 6.45) is 4.07. The Kier molecular flexibility index (Phi) is 14.6. The minimum atomic E-state index is -1.31. The third kappa shape index (κ3) is 9.58. The first-order chi connectivity index (χ1) is 16.0. The average Bonchev–Trinajstić information content (AvgIpc) is 2.80. The van der Waals surface area contributed by atoms with Gasteiger partial charge in [-0.3, -0.25) is 0 Å². The zero-order valence-corrected chi connectivity index (χ0v) is 23.7. The summed E-state index contributed by atoms with van der Waals surface area (Å²) in [7, 11) is 0. The van der Waals surface area contributed by atoms with Crippen LogP contribution >= 0.6 is 11.6 Å². The van der Waals surface area contributed by atoms with Crippen LogP contribution in [0.3, 0.4) is 0 Å². The number of para-hydroxylation sites is 1. The first-order valence-corrected chi connectivity index (χ1v) is 12.6. The van der Waals surface area contributed by atoms with E-state index in [0.29, 0.717) is 23.6 Å². The fourth-order valence-corrected chi connectivity index (χ4v) is 3.38. The quantitative estimate of drug-likeness (QED) is 0.403. The maximum Gasteiger partial charge on any atom is 0.136 e. The second-order valence-corrected chi connectivity index (χ2v) is 8.74. The molecule has 5 heteroatoms. The van der Waals surface area contributed by atoms with Crippen LogP contribution < -0.4 is 15.3 Å². The molecule has 0 aliphatic carbocycles. The van der Waals surface area contributed by atoms with Crippen LogP contribution in [0, 0.1) is 13.8 Å². The van der Waals surface area contributed by atoms with Gasteiger partial charge in [-0.15, -0.1) is 0 Å². The van der Waals surface area contributed by atoms with Crippen LogP contribution in [-0.2, 0) is 12.1 Å². The summed E-state index contributed by atoms with van der Waals surface area (Å²) in [5.41, 5.74) is 2.54. The molecule has 2 rings (SSSR count). The second kappa shape index (κ2) is 15.7. The van der Waals surface area contributed by atoms with Crippen LogP contribution in [0.4, 0.5) is 4.39 Å². The highest BCUT2D eigenvalue weighted by atomic mass is 35.5. The van der Waals surface area contributed by atoms with Crippen molar-refractivity contribution in [3.63, 3.8) is 0 Å². The van der Waals surface area contributed by atoms with Crippen molar-refractivity contribution in [2.45, 2.75) is 94.2 Å². The molecule has 3 nitrogen and oxygen atoms in total. The molecule has 2 aromatic rings. The van der Waals surface area contributed by atoms with Crippen molar-refractivity contribution in [2.24, 2.45) is 0 Å². The topological polar surface area (TPSA) is 35.0 Å². The Balaban J connectivity index is 0.000000601. The zero-order chi connectivity index (χ0) is 26.5. The number of benzene rings is 1. The van der Waals surface area contributed by atoms with Crippen molar-refractivity contribution in [3.05, 3.63) is 63.0 Å². The van der Waals surface area contributed by atoms with Gasteiger partial charge in [-0.2, -0.15) is 0 Å². The zero-order valence-electron chi connectivity index (χ0n) is 22.9. The van der Waals surface area contributed by atoms with E-state index in [1.807, 2.05) is 66.7 Å². The molecule has 1 aromatic carbocycles. The molecule has 0 N–H and O–H groups in total. The lowest BCUT2D eigenvalue weighted by Gasteiger charge is -2.24. The number of allylic oxidation sites excluding steroid dienone is 1. The monoisotopic (exact) mass is 490 g/mol. The molecule has 0 aliphatic rings. The van der Waals surface area contributed by atoms with E-state index in [1.54, 1.807) is 13.0 Å². The van der Waals surface area contributed by atoms with Gasteiger partial charge in [0.1, 0.15) is 17.2 Å². The molecule has 1 aromatic heterocycles. The van der Waals surface area contributed by atoms with E-state index < -0.39 is 5.67 Å². The van der Waals surface area contributed by atoms with E-state index in [2.05, 4.69) is 30.4 Å². The smallest absolute Gasteiger partial charge is 0.136 e. The van der Waals surface area contributed by atoms with Crippen molar-refractivity contribution >= 4 is 23.3 Å². The highest BCUT2D eigenvalue weighted by molar-refractivity contribution is 6.33. The minimum absolute atomic E-state index is 0.461. The predicted octanol–water partition coefficient (Wildman–Crippen LogP) is 7.48. The van der Waals surface area contributed by atoms with E-state index in [-0.39, 0.29) is 0 Å². The van der Waals surface area contributed by atoms with Crippen LogP contribution in [0.15, 0.2) is 29.8 Å². The molecular formula is C29H44ClFN2O. The summed E-state index contributed by atoms with van der Waals surface area (Å²) in [6.45, 7) is 23.8. The highest BCUT2D eigenvalue weighted by Crippen LogP contribution is 2.38. The third-order valence-corrected chi connectivity index (χ3v) is 5.29. The summed E-state index contributed by atoms with van der Waals surface area (Å²) >= 11 is 5.79. The number of hydrogen-bond acceptors (Lipinski definition) is 3. The van der Waals surface area contributed by atoms with Gasteiger partial charge in [0, 0.05) is 21.5 Å². The van der Waals surface area contributed by atoms with Crippen molar-refractivity contribution in [3.8, 4) is 5.75 Å². The van der Waals surface area contributed by atoms with Gasteiger partial charge in [0.2, 0.25) is 0 Å². The van der Waals surface area contributed by atoms with Crippen molar-refractivity contribution in [1.29, 1.82) is 0 Å². The summed E-state index contributed by atoms with van der Waals surface area (Å²) < 4.78 is 20.2. The highest BCUT2D eigenvalue weighted by Gasteiger charge is 2.28. The number of rotatable bonds is 7.